The number of carboxylic acids is 1. The summed E-state index contributed by atoms with van der Waals surface area (Å²) in [5.41, 5.74) is -0.257. The first-order chi connectivity index (χ1) is 7.79. The lowest BCUT2D eigenvalue weighted by molar-refractivity contribution is -0.870. The molecule has 1 aromatic carbocycles. The van der Waals surface area contributed by atoms with Crippen molar-refractivity contribution in [2.45, 2.75) is 0 Å². The molecule has 0 amide bonds. The van der Waals surface area contributed by atoms with Gasteiger partial charge in [0, 0.05) is 0 Å². The molecule has 0 saturated heterocycles. The molecule has 0 unspecified atom stereocenters. The van der Waals surface area contributed by atoms with Crippen molar-refractivity contribution in [3.05, 3.63) is 23.8 Å². The van der Waals surface area contributed by atoms with Crippen molar-refractivity contribution in [3.63, 3.8) is 0 Å². The second-order valence-corrected chi connectivity index (χ2v) is 4.83. The molecule has 0 saturated carbocycles. The molecule has 0 aliphatic heterocycles. The standard InChI is InChI=1S/C12H17NO4/c1-13(2,3)6-7-17-9-4-5-11(14)10(8-9)12(15)16/h4-5,8H,6-7H2,1-3H3,(H-,14,15,16). The Hall–Kier alpha value is -1.75. The van der Waals surface area contributed by atoms with Crippen LogP contribution in [0.4, 0.5) is 0 Å². The summed E-state index contributed by atoms with van der Waals surface area (Å²) in [7, 11) is 6.10. The lowest BCUT2D eigenvalue weighted by Crippen LogP contribution is -2.38. The van der Waals surface area contributed by atoms with Crippen LogP contribution in [0, 0.1) is 0 Å². The molecule has 0 aliphatic carbocycles. The fourth-order valence-corrected chi connectivity index (χ4v) is 1.20. The Kier molecular flexibility index (Phi) is 3.96. The predicted octanol–water partition coefficient (Wildman–Crippen LogP) is 0.543. The van der Waals surface area contributed by atoms with E-state index in [-0.39, 0.29) is 5.56 Å². The van der Waals surface area contributed by atoms with E-state index in [1.54, 1.807) is 0 Å². The largest absolute Gasteiger partial charge is 0.872 e. The summed E-state index contributed by atoms with van der Waals surface area (Å²) in [6.07, 6.45) is 0. The molecule has 0 aliphatic rings. The van der Waals surface area contributed by atoms with Crippen molar-refractivity contribution in [3.8, 4) is 11.5 Å². The van der Waals surface area contributed by atoms with Gasteiger partial charge >= 0.3 is 5.97 Å². The van der Waals surface area contributed by atoms with Crippen LogP contribution >= 0.6 is 0 Å². The number of ether oxygens (including phenoxy) is 1. The molecule has 5 heteroatoms. The van der Waals surface area contributed by atoms with Crippen LogP contribution in [0.5, 0.6) is 11.5 Å². The lowest BCUT2D eigenvalue weighted by Gasteiger charge is -2.23. The van der Waals surface area contributed by atoms with Crippen LogP contribution in [0.2, 0.25) is 0 Å². The number of quaternary nitrogens is 1. The van der Waals surface area contributed by atoms with E-state index in [2.05, 4.69) is 0 Å². The van der Waals surface area contributed by atoms with Crippen molar-refractivity contribution in [2.24, 2.45) is 0 Å². The van der Waals surface area contributed by atoms with E-state index in [9.17, 15) is 9.90 Å². The van der Waals surface area contributed by atoms with Gasteiger partial charge in [-0.1, -0.05) is 11.8 Å². The van der Waals surface area contributed by atoms with E-state index in [0.29, 0.717) is 12.4 Å². The second kappa shape index (κ2) is 5.05. The van der Waals surface area contributed by atoms with Crippen LogP contribution in [0.1, 0.15) is 10.4 Å². The molecule has 0 fully saturated rings. The zero-order valence-electron chi connectivity index (χ0n) is 10.3. The Morgan fingerprint density at radius 2 is 2.06 bits per heavy atom. The first kappa shape index (κ1) is 13.3. The number of rotatable bonds is 5. The van der Waals surface area contributed by atoms with Gasteiger partial charge in [0.25, 0.3) is 0 Å². The molecular weight excluding hydrogens is 222 g/mol. The summed E-state index contributed by atoms with van der Waals surface area (Å²) >= 11 is 0. The van der Waals surface area contributed by atoms with Gasteiger partial charge in [-0.25, -0.2) is 4.79 Å². The van der Waals surface area contributed by atoms with Crippen LogP contribution in [-0.4, -0.2) is 49.9 Å². The summed E-state index contributed by atoms with van der Waals surface area (Å²) in [5, 5.41) is 20.0. The Morgan fingerprint density at radius 1 is 1.41 bits per heavy atom. The van der Waals surface area contributed by atoms with Crippen molar-refractivity contribution in [1.82, 2.24) is 0 Å². The predicted molar refractivity (Wildman–Crippen MR) is 61.2 cm³/mol. The minimum absolute atomic E-state index is 0.257. The van der Waals surface area contributed by atoms with Gasteiger partial charge in [0.1, 0.15) is 18.9 Å². The Bertz CT molecular complexity index is 409. The Morgan fingerprint density at radius 3 is 2.59 bits per heavy atom. The Labute approximate surface area is 100 Å². The molecule has 17 heavy (non-hydrogen) atoms. The van der Waals surface area contributed by atoms with E-state index >= 15 is 0 Å². The maximum atomic E-state index is 11.2. The van der Waals surface area contributed by atoms with E-state index < -0.39 is 11.7 Å². The molecule has 0 spiro atoms. The van der Waals surface area contributed by atoms with Crippen LogP contribution in [0.3, 0.4) is 0 Å². The number of nitrogens with zero attached hydrogens (tertiary/aromatic N) is 1. The monoisotopic (exact) mass is 239 g/mol. The van der Waals surface area contributed by atoms with E-state index in [1.807, 2.05) is 21.1 Å². The number of benzene rings is 1. The number of hydrogen-bond donors (Lipinski definition) is 1. The van der Waals surface area contributed by atoms with Gasteiger partial charge in [0.15, 0.2) is 0 Å². The number of carboxylic acid groups (broad SMARTS) is 1. The van der Waals surface area contributed by atoms with Crippen LogP contribution in [-0.2, 0) is 0 Å². The van der Waals surface area contributed by atoms with Crippen molar-refractivity contribution < 1.29 is 24.2 Å². The highest BCUT2D eigenvalue weighted by Crippen LogP contribution is 2.20. The fourth-order valence-electron chi connectivity index (χ4n) is 1.20. The Balaban J connectivity index is 2.67. The third-order valence-corrected chi connectivity index (χ3v) is 2.21. The average molecular weight is 239 g/mol. The van der Waals surface area contributed by atoms with E-state index in [1.165, 1.54) is 18.2 Å². The molecule has 0 aromatic heterocycles. The molecule has 0 bridgehead atoms. The van der Waals surface area contributed by atoms with E-state index in [0.717, 1.165) is 11.0 Å². The van der Waals surface area contributed by atoms with Crippen molar-refractivity contribution >= 4 is 5.97 Å². The molecule has 0 atom stereocenters. The van der Waals surface area contributed by atoms with Crippen LogP contribution < -0.4 is 9.84 Å². The third-order valence-electron chi connectivity index (χ3n) is 2.21. The van der Waals surface area contributed by atoms with Gasteiger partial charge in [-0.2, -0.15) is 0 Å². The highest BCUT2D eigenvalue weighted by Gasteiger charge is 2.08. The molecule has 0 radical (unpaired) electrons. The fraction of sp³-hybridized carbons (Fsp3) is 0.417. The lowest BCUT2D eigenvalue weighted by atomic mass is 10.2. The number of carbonyl (C=O) groups is 1. The smallest absolute Gasteiger partial charge is 0.335 e. The van der Waals surface area contributed by atoms with Gasteiger partial charge in [-0.3, -0.25) is 0 Å². The molecule has 1 aromatic rings. The van der Waals surface area contributed by atoms with Crippen LogP contribution in [0.15, 0.2) is 18.2 Å². The van der Waals surface area contributed by atoms with Gasteiger partial charge in [-0.05, 0) is 12.1 Å². The van der Waals surface area contributed by atoms with Gasteiger partial charge in [0.05, 0.1) is 26.7 Å². The maximum Gasteiger partial charge on any atom is 0.335 e. The molecule has 1 rings (SSSR count). The van der Waals surface area contributed by atoms with Crippen LogP contribution in [0.25, 0.3) is 0 Å². The zero-order valence-corrected chi connectivity index (χ0v) is 10.3. The van der Waals surface area contributed by atoms with Gasteiger partial charge < -0.3 is 19.4 Å². The molecule has 5 nitrogen and oxygen atoms in total. The van der Waals surface area contributed by atoms with Crippen molar-refractivity contribution in [2.75, 3.05) is 34.3 Å². The molecule has 1 N–H and O–H groups in total. The molecule has 0 heterocycles. The van der Waals surface area contributed by atoms with Gasteiger partial charge in [0.2, 0.25) is 0 Å². The summed E-state index contributed by atoms with van der Waals surface area (Å²) in [5.74, 6) is -1.32. The topological polar surface area (TPSA) is 69.6 Å². The summed E-state index contributed by atoms with van der Waals surface area (Å²) in [6, 6.07) is 3.97. The second-order valence-electron chi connectivity index (χ2n) is 4.83. The maximum absolute atomic E-state index is 11.2. The highest BCUT2D eigenvalue weighted by molar-refractivity contribution is 5.91. The minimum atomic E-state index is -1.23. The van der Waals surface area contributed by atoms with Crippen molar-refractivity contribution in [1.29, 1.82) is 0 Å². The minimum Gasteiger partial charge on any atom is -0.872 e. The quantitative estimate of drug-likeness (QED) is 0.761. The first-order valence-electron chi connectivity index (χ1n) is 5.27. The molecule has 94 valence electrons. The molecular formula is C12H17NO4. The summed E-state index contributed by atoms with van der Waals surface area (Å²) in [6.45, 7) is 1.27. The zero-order chi connectivity index (χ0) is 13.1. The number of hydrogen-bond acceptors (Lipinski definition) is 3. The first-order valence-corrected chi connectivity index (χ1v) is 5.27. The highest BCUT2D eigenvalue weighted by atomic mass is 16.5. The SMILES string of the molecule is C[N+](C)(C)CCOc1ccc([O-])c(C(=O)O)c1. The third kappa shape index (κ3) is 4.32. The van der Waals surface area contributed by atoms with E-state index in [4.69, 9.17) is 9.84 Å². The van der Waals surface area contributed by atoms with Gasteiger partial charge in [-0.15, -0.1) is 0 Å². The normalized spacial score (nSPS) is 11.2. The summed E-state index contributed by atoms with van der Waals surface area (Å²) in [4.78, 5) is 10.7. The number of likely N-dealkylation sites (N-methyl/N-ethyl adjacent to an activating group) is 1. The summed E-state index contributed by atoms with van der Waals surface area (Å²) < 4.78 is 6.17. The number of aromatic carboxylic acids is 1. The average Bonchev–Trinajstić information content (AvgIpc) is 2.18.